The zero-order valence-electron chi connectivity index (χ0n) is 11.1. The largest absolute Gasteiger partial charge is 0.455 e. The number of rotatable bonds is 3. The molecule has 0 saturated carbocycles. The van der Waals surface area contributed by atoms with Crippen molar-refractivity contribution in [3.8, 4) is 23.3 Å². The van der Waals surface area contributed by atoms with Gasteiger partial charge in [0.25, 0.3) is 0 Å². The number of nitrogens with two attached hydrogens (primary N) is 1. The molecule has 5 heteroatoms. The van der Waals surface area contributed by atoms with Gasteiger partial charge in [0.1, 0.15) is 24.0 Å². The number of imidazole rings is 1. The Labute approximate surface area is 121 Å². The van der Waals surface area contributed by atoms with Gasteiger partial charge in [-0.05, 0) is 24.3 Å². The lowest BCUT2D eigenvalue weighted by molar-refractivity contribution is 0.480. The summed E-state index contributed by atoms with van der Waals surface area (Å²) in [5, 5.41) is 8.95. The summed E-state index contributed by atoms with van der Waals surface area (Å²) in [5.41, 5.74) is 6.86. The molecule has 2 aromatic carbocycles. The fraction of sp³-hybridized carbons (Fsp3) is 0. The van der Waals surface area contributed by atoms with Crippen molar-refractivity contribution in [2.45, 2.75) is 0 Å². The average molecular weight is 276 g/mol. The lowest BCUT2D eigenvalue weighted by Crippen LogP contribution is -2.01. The summed E-state index contributed by atoms with van der Waals surface area (Å²) in [4.78, 5) is 3.98. The van der Waals surface area contributed by atoms with E-state index < -0.39 is 0 Å². The summed E-state index contributed by atoms with van der Waals surface area (Å²) in [6, 6.07) is 18.9. The molecule has 3 rings (SSSR count). The van der Waals surface area contributed by atoms with Gasteiger partial charge < -0.3 is 10.5 Å². The molecule has 0 aliphatic rings. The highest BCUT2D eigenvalue weighted by Crippen LogP contribution is 2.29. The minimum absolute atomic E-state index is 0.199. The van der Waals surface area contributed by atoms with E-state index in [0.29, 0.717) is 11.6 Å². The van der Waals surface area contributed by atoms with Gasteiger partial charge in [-0.1, -0.05) is 30.3 Å². The van der Waals surface area contributed by atoms with Crippen molar-refractivity contribution in [3.63, 3.8) is 0 Å². The third-order valence-electron chi connectivity index (χ3n) is 3.01. The molecular formula is C16H12N4O. The van der Waals surface area contributed by atoms with E-state index in [9.17, 15) is 0 Å². The first kappa shape index (κ1) is 12.8. The van der Waals surface area contributed by atoms with Crippen molar-refractivity contribution in [1.29, 1.82) is 5.26 Å². The van der Waals surface area contributed by atoms with Crippen LogP contribution in [0.15, 0.2) is 60.9 Å². The fourth-order valence-corrected chi connectivity index (χ4v) is 1.99. The molecule has 0 amide bonds. The molecule has 1 aromatic heterocycles. The van der Waals surface area contributed by atoms with Gasteiger partial charge >= 0.3 is 0 Å². The summed E-state index contributed by atoms with van der Waals surface area (Å²) < 4.78 is 7.51. The third kappa shape index (κ3) is 2.42. The average Bonchev–Trinajstić information content (AvgIpc) is 2.90. The van der Waals surface area contributed by atoms with Gasteiger partial charge in [-0.15, -0.1) is 0 Å². The topological polar surface area (TPSA) is 76.9 Å². The molecule has 21 heavy (non-hydrogen) atoms. The van der Waals surface area contributed by atoms with Gasteiger partial charge in [0.15, 0.2) is 11.4 Å². The van der Waals surface area contributed by atoms with Crippen LogP contribution in [0.5, 0.6) is 11.5 Å². The van der Waals surface area contributed by atoms with Crippen LogP contribution in [0.25, 0.3) is 5.69 Å². The quantitative estimate of drug-likeness (QED) is 0.797. The van der Waals surface area contributed by atoms with E-state index >= 15 is 0 Å². The summed E-state index contributed by atoms with van der Waals surface area (Å²) in [6.45, 7) is 0. The van der Waals surface area contributed by atoms with Crippen LogP contribution in [0.2, 0.25) is 0 Å². The number of nitriles is 1. The Balaban J connectivity index is 2.04. The van der Waals surface area contributed by atoms with Crippen LogP contribution in [-0.4, -0.2) is 9.55 Å². The van der Waals surface area contributed by atoms with Crippen molar-refractivity contribution < 1.29 is 4.74 Å². The smallest absolute Gasteiger partial charge is 0.182 e. The number of hydrogen-bond acceptors (Lipinski definition) is 4. The molecule has 0 unspecified atom stereocenters. The van der Waals surface area contributed by atoms with Crippen LogP contribution < -0.4 is 10.5 Å². The Morgan fingerprint density at radius 3 is 2.48 bits per heavy atom. The van der Waals surface area contributed by atoms with Crippen LogP contribution in [-0.2, 0) is 0 Å². The van der Waals surface area contributed by atoms with Crippen LogP contribution in [0.4, 0.5) is 5.82 Å². The van der Waals surface area contributed by atoms with E-state index in [1.165, 1.54) is 6.33 Å². The highest BCUT2D eigenvalue weighted by atomic mass is 16.5. The number of nitrogens with zero attached hydrogens (tertiary/aromatic N) is 3. The minimum atomic E-state index is 0.199. The molecule has 3 aromatic rings. The van der Waals surface area contributed by atoms with Gasteiger partial charge in [0.2, 0.25) is 0 Å². The first-order valence-electron chi connectivity index (χ1n) is 6.35. The van der Waals surface area contributed by atoms with Crippen LogP contribution >= 0.6 is 0 Å². The molecule has 1 heterocycles. The standard InChI is InChI=1S/C16H12N4O/c17-10-13-16(18)20(11-19-13)14-8-4-5-9-15(14)21-12-6-2-1-3-7-12/h1-9,11H,18H2. The molecule has 0 saturated heterocycles. The Bertz CT molecular complexity index is 803. The van der Waals surface area contributed by atoms with Crippen LogP contribution in [0.1, 0.15) is 5.69 Å². The number of ether oxygens (including phenoxy) is 1. The maximum atomic E-state index is 8.95. The van der Waals surface area contributed by atoms with Gasteiger partial charge in [-0.25, -0.2) is 4.98 Å². The molecule has 5 nitrogen and oxygen atoms in total. The van der Waals surface area contributed by atoms with Gasteiger partial charge in [-0.3, -0.25) is 4.57 Å². The monoisotopic (exact) mass is 276 g/mol. The van der Waals surface area contributed by atoms with E-state index in [4.69, 9.17) is 15.7 Å². The van der Waals surface area contributed by atoms with E-state index in [0.717, 1.165) is 11.4 Å². The predicted molar refractivity (Wildman–Crippen MR) is 79.2 cm³/mol. The van der Waals surface area contributed by atoms with Crippen molar-refractivity contribution in [2.24, 2.45) is 0 Å². The molecule has 102 valence electrons. The second-order valence-corrected chi connectivity index (χ2v) is 4.34. The number of anilines is 1. The molecule has 0 radical (unpaired) electrons. The number of benzene rings is 2. The van der Waals surface area contributed by atoms with Crippen molar-refractivity contribution in [1.82, 2.24) is 9.55 Å². The molecule has 0 aliphatic carbocycles. The minimum Gasteiger partial charge on any atom is -0.455 e. The molecule has 0 spiro atoms. The van der Waals surface area contributed by atoms with Crippen molar-refractivity contribution >= 4 is 5.82 Å². The summed E-state index contributed by atoms with van der Waals surface area (Å²) in [5.74, 6) is 1.66. The van der Waals surface area contributed by atoms with Crippen molar-refractivity contribution in [3.05, 3.63) is 66.6 Å². The Morgan fingerprint density at radius 2 is 1.76 bits per heavy atom. The van der Waals surface area contributed by atoms with E-state index in [1.807, 2.05) is 60.7 Å². The van der Waals surface area contributed by atoms with E-state index in [-0.39, 0.29) is 5.69 Å². The SMILES string of the molecule is N#Cc1ncn(-c2ccccc2Oc2ccccc2)c1N. The maximum Gasteiger partial charge on any atom is 0.182 e. The first-order chi connectivity index (χ1) is 10.3. The summed E-state index contributed by atoms with van der Waals surface area (Å²) in [6.07, 6.45) is 1.51. The second kappa shape index (κ2) is 5.39. The second-order valence-electron chi connectivity index (χ2n) is 4.34. The molecule has 0 bridgehead atoms. The van der Waals surface area contributed by atoms with Crippen LogP contribution in [0, 0.1) is 11.3 Å². The van der Waals surface area contributed by atoms with E-state index in [1.54, 1.807) is 4.57 Å². The van der Waals surface area contributed by atoms with Crippen molar-refractivity contribution in [2.75, 3.05) is 5.73 Å². The Morgan fingerprint density at radius 1 is 1.05 bits per heavy atom. The number of nitrogen functional groups attached to an aromatic ring is 1. The lowest BCUT2D eigenvalue weighted by Gasteiger charge is -2.12. The summed E-state index contributed by atoms with van der Waals surface area (Å²) >= 11 is 0. The Kier molecular flexibility index (Phi) is 3.27. The number of para-hydroxylation sites is 3. The normalized spacial score (nSPS) is 10.0. The Hall–Kier alpha value is -3.26. The molecule has 0 fully saturated rings. The highest BCUT2D eigenvalue weighted by Gasteiger charge is 2.12. The zero-order valence-corrected chi connectivity index (χ0v) is 11.1. The maximum absolute atomic E-state index is 8.95. The van der Waals surface area contributed by atoms with E-state index in [2.05, 4.69) is 4.98 Å². The lowest BCUT2D eigenvalue weighted by atomic mass is 10.2. The summed E-state index contributed by atoms with van der Waals surface area (Å²) in [7, 11) is 0. The molecule has 2 N–H and O–H groups in total. The zero-order chi connectivity index (χ0) is 14.7. The first-order valence-corrected chi connectivity index (χ1v) is 6.35. The van der Waals surface area contributed by atoms with Gasteiger partial charge in [-0.2, -0.15) is 5.26 Å². The predicted octanol–water partition coefficient (Wildman–Crippen LogP) is 3.12. The molecule has 0 atom stereocenters. The van der Waals surface area contributed by atoms with Crippen LogP contribution in [0.3, 0.4) is 0 Å². The molecular weight excluding hydrogens is 264 g/mol. The van der Waals surface area contributed by atoms with Gasteiger partial charge in [0.05, 0.1) is 5.69 Å². The highest BCUT2D eigenvalue weighted by molar-refractivity contribution is 5.56. The third-order valence-corrected chi connectivity index (χ3v) is 3.01. The number of aromatic nitrogens is 2. The fourth-order valence-electron chi connectivity index (χ4n) is 1.99. The van der Waals surface area contributed by atoms with Gasteiger partial charge in [0, 0.05) is 0 Å². The molecule has 0 aliphatic heterocycles. The number of hydrogen-bond donors (Lipinski definition) is 1.